The van der Waals surface area contributed by atoms with Gasteiger partial charge in [0.15, 0.2) is 5.58 Å². The fourth-order valence-electron chi connectivity index (χ4n) is 3.78. The van der Waals surface area contributed by atoms with E-state index in [0.29, 0.717) is 23.8 Å². The highest BCUT2D eigenvalue weighted by Gasteiger charge is 2.39. The van der Waals surface area contributed by atoms with Crippen LogP contribution in [0.3, 0.4) is 0 Å². The monoisotopic (exact) mass is 320 g/mol. The number of nitrogens with zero attached hydrogens (tertiary/aromatic N) is 1. The summed E-state index contributed by atoms with van der Waals surface area (Å²) in [5.41, 5.74) is 9.51. The van der Waals surface area contributed by atoms with E-state index in [9.17, 15) is 5.11 Å². The van der Waals surface area contributed by atoms with Crippen molar-refractivity contribution in [3.63, 3.8) is 0 Å². The van der Waals surface area contributed by atoms with Crippen LogP contribution in [0.4, 0.5) is 0 Å². The number of aliphatic hydroxyl groups is 1. The molecule has 1 heterocycles. The van der Waals surface area contributed by atoms with E-state index in [2.05, 4.69) is 5.16 Å². The molecule has 1 fully saturated rings. The van der Waals surface area contributed by atoms with Crippen molar-refractivity contribution in [3.05, 3.63) is 27.9 Å². The van der Waals surface area contributed by atoms with Gasteiger partial charge in [-0.15, -0.1) is 0 Å². The van der Waals surface area contributed by atoms with Gasteiger partial charge in [-0.1, -0.05) is 16.8 Å². The maximum absolute atomic E-state index is 10.4. The Bertz CT molecular complexity index is 743. The van der Waals surface area contributed by atoms with E-state index in [1.54, 1.807) is 0 Å². The Morgan fingerprint density at radius 1 is 1.36 bits per heavy atom. The van der Waals surface area contributed by atoms with Crippen LogP contribution in [-0.2, 0) is 12.8 Å². The van der Waals surface area contributed by atoms with Gasteiger partial charge in [-0.25, -0.2) is 0 Å². The molecule has 118 valence electrons. The van der Waals surface area contributed by atoms with E-state index < -0.39 is 5.60 Å². The summed E-state index contributed by atoms with van der Waals surface area (Å²) >= 11 is 6.50. The van der Waals surface area contributed by atoms with Crippen LogP contribution in [-0.4, -0.2) is 21.9 Å². The molecule has 22 heavy (non-hydrogen) atoms. The Hall–Kier alpha value is -1.10. The molecule has 1 aromatic heterocycles. The lowest BCUT2D eigenvalue weighted by Crippen LogP contribution is -2.48. The SMILES string of the molecule is CC(C)(O)C1Cc2c(cc(Cl)c3c(C4CC4)noc23)CC1N. The molecule has 2 aliphatic carbocycles. The molecule has 0 aliphatic heterocycles. The first-order valence-electron chi connectivity index (χ1n) is 7.93. The molecular weight excluding hydrogens is 300 g/mol. The van der Waals surface area contributed by atoms with Crippen LogP contribution in [0.2, 0.25) is 5.02 Å². The maximum atomic E-state index is 10.4. The zero-order valence-corrected chi connectivity index (χ0v) is 13.7. The largest absolute Gasteiger partial charge is 0.390 e. The number of rotatable bonds is 2. The van der Waals surface area contributed by atoms with E-state index in [1.165, 1.54) is 0 Å². The zero-order valence-electron chi connectivity index (χ0n) is 12.9. The Kier molecular flexibility index (Phi) is 3.09. The molecule has 4 rings (SSSR count). The molecule has 1 aromatic carbocycles. The normalized spacial score (nSPS) is 25.5. The van der Waals surface area contributed by atoms with Crippen molar-refractivity contribution >= 4 is 22.6 Å². The van der Waals surface area contributed by atoms with Crippen LogP contribution >= 0.6 is 11.6 Å². The summed E-state index contributed by atoms with van der Waals surface area (Å²) in [6.45, 7) is 3.65. The molecule has 1 saturated carbocycles. The van der Waals surface area contributed by atoms with E-state index in [4.69, 9.17) is 21.9 Å². The molecule has 2 unspecified atom stereocenters. The average Bonchev–Trinajstić information content (AvgIpc) is 3.16. The summed E-state index contributed by atoms with van der Waals surface area (Å²) in [6, 6.07) is 1.94. The fourth-order valence-corrected chi connectivity index (χ4v) is 4.09. The van der Waals surface area contributed by atoms with Gasteiger partial charge < -0.3 is 15.4 Å². The fraction of sp³-hybridized carbons (Fsp3) is 0.588. The molecule has 2 atom stereocenters. The lowest BCUT2D eigenvalue weighted by molar-refractivity contribution is 0.00306. The third-order valence-electron chi connectivity index (χ3n) is 5.19. The van der Waals surface area contributed by atoms with E-state index in [-0.39, 0.29) is 12.0 Å². The second kappa shape index (κ2) is 4.70. The number of halogens is 1. The molecule has 0 amide bonds. The first-order chi connectivity index (χ1) is 10.4. The third-order valence-corrected chi connectivity index (χ3v) is 5.49. The number of hydrogen-bond acceptors (Lipinski definition) is 4. The van der Waals surface area contributed by atoms with Crippen LogP contribution < -0.4 is 5.73 Å². The van der Waals surface area contributed by atoms with E-state index >= 15 is 0 Å². The van der Waals surface area contributed by atoms with Gasteiger partial charge in [0, 0.05) is 23.4 Å². The van der Waals surface area contributed by atoms with E-state index in [1.807, 2.05) is 19.9 Å². The smallest absolute Gasteiger partial charge is 0.172 e. The number of aromatic nitrogens is 1. The molecule has 0 spiro atoms. The quantitative estimate of drug-likeness (QED) is 0.891. The summed E-state index contributed by atoms with van der Waals surface area (Å²) in [5.74, 6) is 0.492. The van der Waals surface area contributed by atoms with Gasteiger partial charge in [0.05, 0.1) is 21.7 Å². The summed E-state index contributed by atoms with van der Waals surface area (Å²) in [6.07, 6.45) is 3.73. The Morgan fingerprint density at radius 2 is 2.09 bits per heavy atom. The van der Waals surface area contributed by atoms with Crippen molar-refractivity contribution in [2.24, 2.45) is 11.7 Å². The first-order valence-corrected chi connectivity index (χ1v) is 8.31. The maximum Gasteiger partial charge on any atom is 0.172 e. The van der Waals surface area contributed by atoms with Crippen molar-refractivity contribution in [1.29, 1.82) is 0 Å². The summed E-state index contributed by atoms with van der Waals surface area (Å²) in [4.78, 5) is 0. The minimum atomic E-state index is -0.817. The molecule has 3 N–H and O–H groups in total. The minimum absolute atomic E-state index is 0.00106. The van der Waals surface area contributed by atoms with Crippen LogP contribution in [0.1, 0.15) is 49.4 Å². The predicted octanol–water partition coefficient (Wildman–Crippen LogP) is 3.17. The van der Waals surface area contributed by atoms with Gasteiger partial charge in [-0.2, -0.15) is 0 Å². The third kappa shape index (κ3) is 2.16. The zero-order chi connectivity index (χ0) is 15.6. The van der Waals surface area contributed by atoms with Crippen molar-refractivity contribution in [1.82, 2.24) is 5.16 Å². The Labute approximate surface area is 134 Å². The molecule has 5 heteroatoms. The van der Waals surface area contributed by atoms with Crippen LogP contribution in [0.25, 0.3) is 11.0 Å². The molecule has 2 aliphatic rings. The molecule has 4 nitrogen and oxygen atoms in total. The van der Waals surface area contributed by atoms with Crippen molar-refractivity contribution < 1.29 is 9.63 Å². The Morgan fingerprint density at radius 3 is 2.73 bits per heavy atom. The highest BCUT2D eigenvalue weighted by atomic mass is 35.5. The van der Waals surface area contributed by atoms with Gasteiger partial charge in [-0.3, -0.25) is 0 Å². The number of fused-ring (bicyclic) bond motifs is 3. The van der Waals surface area contributed by atoms with Crippen LogP contribution in [0.5, 0.6) is 0 Å². The lowest BCUT2D eigenvalue weighted by atomic mass is 9.72. The highest BCUT2D eigenvalue weighted by Crippen LogP contribution is 2.46. The lowest BCUT2D eigenvalue weighted by Gasteiger charge is -2.38. The van der Waals surface area contributed by atoms with Gasteiger partial charge in [0.2, 0.25) is 0 Å². The summed E-state index contributed by atoms with van der Waals surface area (Å²) in [5, 5.41) is 16.4. The second-order valence-corrected chi connectivity index (χ2v) is 7.78. The van der Waals surface area contributed by atoms with Gasteiger partial charge in [-0.05, 0) is 51.2 Å². The number of nitrogens with two attached hydrogens (primary N) is 1. The van der Waals surface area contributed by atoms with Gasteiger partial charge in [0.25, 0.3) is 0 Å². The van der Waals surface area contributed by atoms with Crippen LogP contribution in [0, 0.1) is 5.92 Å². The van der Waals surface area contributed by atoms with Crippen LogP contribution in [0.15, 0.2) is 10.6 Å². The predicted molar refractivity (Wildman–Crippen MR) is 86.2 cm³/mol. The van der Waals surface area contributed by atoms with Gasteiger partial charge in [0.1, 0.15) is 0 Å². The van der Waals surface area contributed by atoms with Crippen molar-refractivity contribution in [2.75, 3.05) is 0 Å². The summed E-state index contributed by atoms with van der Waals surface area (Å²) in [7, 11) is 0. The molecule has 0 bridgehead atoms. The van der Waals surface area contributed by atoms with Crippen molar-refractivity contribution in [2.45, 2.75) is 57.1 Å². The Balaban J connectivity index is 1.87. The summed E-state index contributed by atoms with van der Waals surface area (Å²) < 4.78 is 5.67. The first kappa shape index (κ1) is 14.5. The van der Waals surface area contributed by atoms with Gasteiger partial charge >= 0.3 is 0 Å². The average molecular weight is 321 g/mol. The number of benzene rings is 1. The molecule has 2 aromatic rings. The molecule has 0 saturated heterocycles. The highest BCUT2D eigenvalue weighted by molar-refractivity contribution is 6.35. The topological polar surface area (TPSA) is 72.3 Å². The number of hydrogen-bond donors (Lipinski definition) is 2. The molecular formula is C17H21ClN2O2. The molecule has 0 radical (unpaired) electrons. The second-order valence-electron chi connectivity index (χ2n) is 7.37. The standard InChI is InChI=1S/C17H21ClN2O2/c1-17(2,21)11-7-10-9(6-13(11)19)5-12(18)14-15(8-3-4-8)20-22-16(10)14/h5,8,11,13,21H,3-4,6-7,19H2,1-2H3. The van der Waals surface area contributed by atoms with Crippen molar-refractivity contribution in [3.8, 4) is 0 Å². The van der Waals surface area contributed by atoms with E-state index in [0.717, 1.165) is 40.6 Å². The minimum Gasteiger partial charge on any atom is -0.390 e.